The van der Waals surface area contributed by atoms with E-state index in [9.17, 15) is 4.79 Å². The third kappa shape index (κ3) is 35.2. The Balaban J connectivity index is 3.14. The molecule has 0 saturated carbocycles. The van der Waals surface area contributed by atoms with Crippen LogP contribution in [0.25, 0.3) is 0 Å². The maximum atomic E-state index is 11.8. The van der Waals surface area contributed by atoms with Crippen molar-refractivity contribution >= 4 is 6.09 Å². The average Bonchev–Trinajstić information content (AvgIpc) is 2.96. The second kappa shape index (κ2) is 32.2. The minimum absolute atomic E-state index is 0.362. The van der Waals surface area contributed by atoms with E-state index in [1.165, 1.54) is 4.90 Å². The fourth-order valence-electron chi connectivity index (χ4n) is 2.89. The van der Waals surface area contributed by atoms with E-state index in [-0.39, 0.29) is 6.09 Å². The maximum absolute atomic E-state index is 11.8. The first-order valence-corrected chi connectivity index (χ1v) is 15.2. The molecule has 1 amide bonds. The number of hydrogen-bond acceptors (Lipinski definition) is 13. The molecular formula is C29H60N2O12. The summed E-state index contributed by atoms with van der Waals surface area (Å²) in [5.74, 6) is 0. The van der Waals surface area contributed by atoms with E-state index in [0.717, 1.165) is 6.54 Å². The summed E-state index contributed by atoms with van der Waals surface area (Å²) in [7, 11) is 3.58. The summed E-state index contributed by atoms with van der Waals surface area (Å²) in [6.45, 7) is 17.1. The van der Waals surface area contributed by atoms with Crippen LogP contribution in [0.3, 0.4) is 0 Å². The van der Waals surface area contributed by atoms with Crippen LogP contribution in [-0.2, 0) is 52.1 Å². The van der Waals surface area contributed by atoms with E-state index in [2.05, 4.69) is 5.32 Å². The minimum atomic E-state index is -0.507. The molecule has 258 valence electrons. The van der Waals surface area contributed by atoms with E-state index in [0.29, 0.717) is 139 Å². The van der Waals surface area contributed by atoms with Gasteiger partial charge in [0.15, 0.2) is 0 Å². The van der Waals surface area contributed by atoms with E-state index in [1.54, 1.807) is 7.05 Å². The number of rotatable bonds is 33. The predicted octanol–water partition coefficient (Wildman–Crippen LogP) is 1.24. The summed E-state index contributed by atoms with van der Waals surface area (Å²) in [5.41, 5.74) is -0.507. The lowest BCUT2D eigenvalue weighted by Crippen LogP contribution is -2.36. The summed E-state index contributed by atoms with van der Waals surface area (Å²) in [5, 5.41) is 3.02. The van der Waals surface area contributed by atoms with Crippen LogP contribution < -0.4 is 5.32 Å². The van der Waals surface area contributed by atoms with Gasteiger partial charge < -0.3 is 62.3 Å². The number of amides is 1. The zero-order valence-corrected chi connectivity index (χ0v) is 27.4. The first kappa shape index (κ1) is 41.8. The van der Waals surface area contributed by atoms with Crippen LogP contribution in [0.4, 0.5) is 4.79 Å². The van der Waals surface area contributed by atoms with Gasteiger partial charge in [-0.3, -0.25) is 0 Å². The highest BCUT2D eigenvalue weighted by molar-refractivity contribution is 5.67. The quantitative estimate of drug-likeness (QED) is 0.105. The predicted molar refractivity (Wildman–Crippen MR) is 161 cm³/mol. The van der Waals surface area contributed by atoms with Gasteiger partial charge in [0.2, 0.25) is 0 Å². The lowest BCUT2D eigenvalue weighted by molar-refractivity contribution is -0.0266. The number of likely N-dealkylation sites (N-methyl/N-ethyl adjacent to an activating group) is 2. The molecule has 0 spiro atoms. The van der Waals surface area contributed by atoms with Gasteiger partial charge in [-0.1, -0.05) is 0 Å². The minimum Gasteiger partial charge on any atom is -0.444 e. The Kier molecular flexibility index (Phi) is 31.4. The van der Waals surface area contributed by atoms with Crippen molar-refractivity contribution in [1.82, 2.24) is 10.2 Å². The van der Waals surface area contributed by atoms with E-state index in [4.69, 9.17) is 52.1 Å². The first-order valence-electron chi connectivity index (χ1n) is 15.2. The zero-order chi connectivity index (χ0) is 31.7. The molecule has 0 aromatic rings. The number of ether oxygens (including phenoxy) is 11. The van der Waals surface area contributed by atoms with Gasteiger partial charge in [-0.25, -0.2) is 4.79 Å². The highest BCUT2D eigenvalue weighted by atomic mass is 16.6. The molecule has 0 aliphatic heterocycles. The van der Waals surface area contributed by atoms with Crippen LogP contribution >= 0.6 is 0 Å². The highest BCUT2D eigenvalue weighted by Gasteiger charge is 2.19. The Morgan fingerprint density at radius 3 is 1.00 bits per heavy atom. The average molecular weight is 629 g/mol. The summed E-state index contributed by atoms with van der Waals surface area (Å²) in [6.07, 6.45) is -0.362. The van der Waals surface area contributed by atoms with Gasteiger partial charge in [0.1, 0.15) is 5.60 Å². The normalized spacial score (nSPS) is 11.7. The van der Waals surface area contributed by atoms with Crippen LogP contribution in [-0.4, -0.2) is 176 Å². The standard InChI is InChI=1S/C29H60N2O12/c1-29(2,3)43-28(32)31(5)7-9-34-11-13-36-15-17-38-19-21-40-23-25-42-27-26-41-24-22-39-20-18-37-16-14-35-12-10-33-8-6-30-4/h30H,6-27H2,1-5H3. The third-order valence-electron chi connectivity index (χ3n) is 5.12. The van der Waals surface area contributed by atoms with E-state index < -0.39 is 5.60 Å². The molecule has 0 heterocycles. The van der Waals surface area contributed by atoms with Crippen LogP contribution in [0.15, 0.2) is 0 Å². The molecule has 43 heavy (non-hydrogen) atoms. The van der Waals surface area contributed by atoms with Crippen molar-refractivity contribution in [3.8, 4) is 0 Å². The summed E-state index contributed by atoms with van der Waals surface area (Å²) in [4.78, 5) is 13.3. The van der Waals surface area contributed by atoms with Crippen molar-refractivity contribution in [2.24, 2.45) is 0 Å². The van der Waals surface area contributed by atoms with Gasteiger partial charge in [-0.05, 0) is 27.8 Å². The van der Waals surface area contributed by atoms with Crippen molar-refractivity contribution in [3.63, 3.8) is 0 Å². The van der Waals surface area contributed by atoms with Crippen LogP contribution in [0.5, 0.6) is 0 Å². The molecule has 0 aliphatic rings. The second-order valence-electron chi connectivity index (χ2n) is 10.1. The van der Waals surface area contributed by atoms with Crippen molar-refractivity contribution in [2.45, 2.75) is 26.4 Å². The molecule has 0 fully saturated rings. The molecule has 0 aromatic heterocycles. The van der Waals surface area contributed by atoms with E-state index in [1.807, 2.05) is 27.8 Å². The smallest absolute Gasteiger partial charge is 0.410 e. The summed E-state index contributed by atoms with van der Waals surface area (Å²) >= 11 is 0. The van der Waals surface area contributed by atoms with Gasteiger partial charge in [0, 0.05) is 20.1 Å². The van der Waals surface area contributed by atoms with Crippen molar-refractivity contribution in [1.29, 1.82) is 0 Å². The largest absolute Gasteiger partial charge is 0.444 e. The number of carbonyl (C=O) groups excluding carboxylic acids is 1. The van der Waals surface area contributed by atoms with E-state index >= 15 is 0 Å². The Bertz CT molecular complexity index is 584. The van der Waals surface area contributed by atoms with Crippen molar-refractivity contribution < 1.29 is 56.9 Å². The Morgan fingerprint density at radius 1 is 0.488 bits per heavy atom. The van der Waals surface area contributed by atoms with Gasteiger partial charge in [0.05, 0.1) is 132 Å². The lowest BCUT2D eigenvalue weighted by Gasteiger charge is -2.24. The molecular weight excluding hydrogens is 568 g/mol. The Morgan fingerprint density at radius 2 is 0.744 bits per heavy atom. The molecule has 0 aromatic carbocycles. The van der Waals surface area contributed by atoms with Crippen molar-refractivity contribution in [2.75, 3.05) is 159 Å². The molecule has 0 radical (unpaired) electrons. The van der Waals surface area contributed by atoms with Crippen molar-refractivity contribution in [3.05, 3.63) is 0 Å². The molecule has 14 nitrogen and oxygen atoms in total. The number of nitrogens with zero attached hydrogens (tertiary/aromatic N) is 1. The zero-order valence-electron chi connectivity index (χ0n) is 27.4. The van der Waals surface area contributed by atoms with Crippen LogP contribution in [0.2, 0.25) is 0 Å². The number of nitrogens with one attached hydrogen (secondary N) is 1. The van der Waals surface area contributed by atoms with Gasteiger partial charge in [-0.15, -0.1) is 0 Å². The fraction of sp³-hybridized carbons (Fsp3) is 0.966. The maximum Gasteiger partial charge on any atom is 0.410 e. The van der Waals surface area contributed by atoms with Crippen LogP contribution in [0, 0.1) is 0 Å². The molecule has 0 unspecified atom stereocenters. The Hall–Kier alpha value is -1.17. The molecule has 0 rings (SSSR count). The second-order valence-corrected chi connectivity index (χ2v) is 10.1. The van der Waals surface area contributed by atoms with Gasteiger partial charge >= 0.3 is 6.09 Å². The molecule has 0 atom stereocenters. The topological polar surface area (TPSA) is 134 Å². The Labute approximate surface area is 259 Å². The SMILES string of the molecule is CNCCOCCOCCOCCOCCOCCOCCOCCOCCOCCOCCN(C)C(=O)OC(C)(C)C. The number of hydrogen-bond donors (Lipinski definition) is 1. The van der Waals surface area contributed by atoms with Gasteiger partial charge in [0.25, 0.3) is 0 Å². The lowest BCUT2D eigenvalue weighted by atomic mass is 10.2. The summed E-state index contributed by atoms with van der Waals surface area (Å²) < 4.78 is 59.7. The number of carbonyl (C=O) groups is 1. The monoisotopic (exact) mass is 628 g/mol. The molecule has 1 N–H and O–H groups in total. The molecule has 0 bridgehead atoms. The van der Waals surface area contributed by atoms with Gasteiger partial charge in [-0.2, -0.15) is 0 Å². The molecule has 0 saturated heterocycles. The molecule has 0 aliphatic carbocycles. The highest BCUT2D eigenvalue weighted by Crippen LogP contribution is 2.08. The van der Waals surface area contributed by atoms with Crippen LogP contribution in [0.1, 0.15) is 20.8 Å². The fourth-order valence-corrected chi connectivity index (χ4v) is 2.89. The summed E-state index contributed by atoms with van der Waals surface area (Å²) in [6, 6.07) is 0. The third-order valence-corrected chi connectivity index (χ3v) is 5.12. The molecule has 14 heteroatoms. The first-order chi connectivity index (χ1) is 20.9.